The molecule has 8 heteroatoms. The lowest BCUT2D eigenvalue weighted by Crippen LogP contribution is -2.43. The highest BCUT2D eigenvalue weighted by Crippen LogP contribution is 2.38. The molecule has 0 spiro atoms. The zero-order chi connectivity index (χ0) is 18.1. The summed E-state index contributed by atoms with van der Waals surface area (Å²) < 4.78 is 7.96. The molecule has 26 heavy (non-hydrogen) atoms. The van der Waals surface area contributed by atoms with Gasteiger partial charge in [0.25, 0.3) is 0 Å². The molecular formula is C18H21ClN4O2S. The van der Waals surface area contributed by atoms with Gasteiger partial charge in [0.15, 0.2) is 10.6 Å². The van der Waals surface area contributed by atoms with Crippen LogP contribution in [-0.2, 0) is 16.1 Å². The summed E-state index contributed by atoms with van der Waals surface area (Å²) in [5.41, 5.74) is 0.856. The Hall–Kier alpha value is -1.70. The number of halogens is 1. The fourth-order valence-corrected chi connectivity index (χ4v) is 3.78. The molecule has 6 nitrogen and oxygen atoms in total. The Morgan fingerprint density at radius 1 is 1.35 bits per heavy atom. The van der Waals surface area contributed by atoms with Crippen molar-refractivity contribution >= 4 is 29.7 Å². The molecule has 0 unspecified atom stereocenters. The van der Waals surface area contributed by atoms with E-state index in [1.54, 1.807) is 16.7 Å². The molecule has 2 fully saturated rings. The van der Waals surface area contributed by atoms with Crippen molar-refractivity contribution < 1.29 is 9.53 Å². The molecule has 1 aromatic heterocycles. The second kappa shape index (κ2) is 7.50. The van der Waals surface area contributed by atoms with Crippen LogP contribution in [0.5, 0.6) is 0 Å². The molecule has 1 aliphatic carbocycles. The van der Waals surface area contributed by atoms with E-state index in [1.165, 1.54) is 12.8 Å². The van der Waals surface area contributed by atoms with Gasteiger partial charge in [-0.05, 0) is 68.1 Å². The maximum Gasteiger partial charge on any atom is 0.240 e. The first-order valence-electron chi connectivity index (χ1n) is 8.92. The van der Waals surface area contributed by atoms with Crippen LogP contribution < -0.4 is 5.32 Å². The molecule has 1 aromatic carbocycles. The van der Waals surface area contributed by atoms with E-state index in [4.69, 9.17) is 28.6 Å². The van der Waals surface area contributed by atoms with Crippen molar-refractivity contribution in [1.29, 1.82) is 0 Å². The molecule has 0 radical (unpaired) electrons. The minimum atomic E-state index is -0.0563. The molecule has 1 saturated heterocycles. The summed E-state index contributed by atoms with van der Waals surface area (Å²) in [7, 11) is 0. The topological polar surface area (TPSA) is 71.9 Å². The Morgan fingerprint density at radius 2 is 2.12 bits per heavy atom. The first kappa shape index (κ1) is 17.7. The number of carbonyl (C=O) groups is 1. The standard InChI is InChI=1S/C18H21ClN4O2S/c19-13-5-3-12(4-6-13)17-21-22-18(26)23(17)10-16(24)20-14-7-8-25-15(9-14)11-1-2-11/h3-6,11,14-15H,1-2,7-10H2,(H,20,24)(H,22,26)/t14-,15+/m0/s1. The summed E-state index contributed by atoms with van der Waals surface area (Å²) in [5, 5.41) is 10.8. The predicted octanol–water partition coefficient (Wildman–Crippen LogP) is 3.33. The van der Waals surface area contributed by atoms with Gasteiger partial charge in [-0.15, -0.1) is 0 Å². The largest absolute Gasteiger partial charge is 0.378 e. The van der Waals surface area contributed by atoms with Gasteiger partial charge in [-0.2, -0.15) is 5.10 Å². The van der Waals surface area contributed by atoms with E-state index < -0.39 is 0 Å². The van der Waals surface area contributed by atoms with Crippen molar-refractivity contribution in [3.63, 3.8) is 0 Å². The Bertz CT molecular complexity index is 844. The smallest absolute Gasteiger partial charge is 0.240 e. The molecule has 2 aromatic rings. The van der Waals surface area contributed by atoms with E-state index in [1.807, 2.05) is 12.1 Å². The van der Waals surface area contributed by atoms with Crippen LogP contribution in [-0.4, -0.2) is 39.4 Å². The molecule has 4 rings (SSSR count). The third kappa shape index (κ3) is 4.00. The van der Waals surface area contributed by atoms with Crippen molar-refractivity contribution in [3.05, 3.63) is 34.1 Å². The molecule has 2 heterocycles. The van der Waals surface area contributed by atoms with E-state index in [2.05, 4.69) is 15.5 Å². The first-order chi connectivity index (χ1) is 12.6. The average Bonchev–Trinajstić information content (AvgIpc) is 3.42. The number of nitrogens with zero attached hydrogens (tertiary/aromatic N) is 2. The van der Waals surface area contributed by atoms with Gasteiger partial charge in [-0.3, -0.25) is 14.5 Å². The number of aromatic nitrogens is 3. The van der Waals surface area contributed by atoms with Crippen LogP contribution in [0.2, 0.25) is 5.02 Å². The molecule has 0 bridgehead atoms. The van der Waals surface area contributed by atoms with Crippen molar-refractivity contribution in [2.24, 2.45) is 5.92 Å². The third-order valence-electron chi connectivity index (χ3n) is 4.99. The van der Waals surface area contributed by atoms with Gasteiger partial charge in [0.05, 0.1) is 6.10 Å². The summed E-state index contributed by atoms with van der Waals surface area (Å²) in [6.07, 6.45) is 4.56. The van der Waals surface area contributed by atoms with E-state index in [9.17, 15) is 4.79 Å². The van der Waals surface area contributed by atoms with Crippen LogP contribution in [0.15, 0.2) is 24.3 Å². The fourth-order valence-electron chi connectivity index (χ4n) is 3.46. The lowest BCUT2D eigenvalue weighted by Gasteiger charge is -2.30. The number of hydrogen-bond donors (Lipinski definition) is 2. The molecule has 2 N–H and O–H groups in total. The number of nitrogens with one attached hydrogen (secondary N) is 2. The predicted molar refractivity (Wildman–Crippen MR) is 101 cm³/mol. The van der Waals surface area contributed by atoms with Crippen molar-refractivity contribution in [2.45, 2.75) is 44.4 Å². The van der Waals surface area contributed by atoms with Gasteiger partial charge >= 0.3 is 0 Å². The van der Waals surface area contributed by atoms with Crippen LogP contribution in [0.25, 0.3) is 11.4 Å². The Labute approximate surface area is 161 Å². The molecular weight excluding hydrogens is 372 g/mol. The Morgan fingerprint density at radius 3 is 2.85 bits per heavy atom. The summed E-state index contributed by atoms with van der Waals surface area (Å²) in [6.45, 7) is 0.853. The Kier molecular flexibility index (Phi) is 5.11. The number of H-pyrrole nitrogens is 1. The highest BCUT2D eigenvalue weighted by atomic mass is 35.5. The summed E-state index contributed by atoms with van der Waals surface area (Å²) in [4.78, 5) is 12.6. The van der Waals surface area contributed by atoms with Gasteiger partial charge in [0.1, 0.15) is 6.54 Å². The van der Waals surface area contributed by atoms with Crippen molar-refractivity contribution in [1.82, 2.24) is 20.1 Å². The molecule has 2 atom stereocenters. The molecule has 1 aliphatic heterocycles. The maximum atomic E-state index is 12.6. The molecule has 2 aliphatic rings. The minimum Gasteiger partial charge on any atom is -0.378 e. The van der Waals surface area contributed by atoms with Crippen LogP contribution in [0.1, 0.15) is 25.7 Å². The van der Waals surface area contributed by atoms with E-state index in [0.29, 0.717) is 34.2 Å². The van der Waals surface area contributed by atoms with Gasteiger partial charge < -0.3 is 10.1 Å². The highest BCUT2D eigenvalue weighted by Gasteiger charge is 2.36. The SMILES string of the molecule is O=C(Cn1c(-c2ccc(Cl)cc2)n[nH]c1=S)N[C@H]1CCO[C@@H](C2CC2)C1. The first-order valence-corrected chi connectivity index (χ1v) is 9.71. The van der Waals surface area contributed by atoms with Crippen LogP contribution in [0, 0.1) is 10.7 Å². The summed E-state index contributed by atoms with van der Waals surface area (Å²) >= 11 is 11.2. The number of rotatable bonds is 5. The number of amides is 1. The van der Waals surface area contributed by atoms with Gasteiger partial charge in [-0.1, -0.05) is 11.6 Å². The monoisotopic (exact) mass is 392 g/mol. The zero-order valence-electron chi connectivity index (χ0n) is 14.3. The average molecular weight is 393 g/mol. The normalized spacial score (nSPS) is 23.0. The Balaban J connectivity index is 1.43. The lowest BCUT2D eigenvalue weighted by atomic mass is 10.00. The zero-order valence-corrected chi connectivity index (χ0v) is 15.9. The van der Waals surface area contributed by atoms with Gasteiger partial charge in [0, 0.05) is 23.2 Å². The van der Waals surface area contributed by atoms with Gasteiger partial charge in [0.2, 0.25) is 5.91 Å². The van der Waals surface area contributed by atoms with Crippen molar-refractivity contribution in [3.8, 4) is 11.4 Å². The van der Waals surface area contributed by atoms with Crippen molar-refractivity contribution in [2.75, 3.05) is 6.61 Å². The molecule has 1 saturated carbocycles. The van der Waals surface area contributed by atoms with Crippen LogP contribution >= 0.6 is 23.8 Å². The second-order valence-corrected chi connectivity index (χ2v) is 7.80. The fraction of sp³-hybridized carbons (Fsp3) is 0.500. The number of aromatic amines is 1. The number of ether oxygens (including phenoxy) is 1. The maximum absolute atomic E-state index is 12.6. The van der Waals surface area contributed by atoms with E-state index in [-0.39, 0.29) is 18.5 Å². The summed E-state index contributed by atoms with van der Waals surface area (Å²) in [5.74, 6) is 1.26. The van der Waals surface area contributed by atoms with Gasteiger partial charge in [-0.25, -0.2) is 0 Å². The molecule has 138 valence electrons. The van der Waals surface area contributed by atoms with Crippen LogP contribution in [0.3, 0.4) is 0 Å². The number of benzene rings is 1. The highest BCUT2D eigenvalue weighted by molar-refractivity contribution is 7.71. The lowest BCUT2D eigenvalue weighted by molar-refractivity contribution is -0.123. The summed E-state index contributed by atoms with van der Waals surface area (Å²) in [6, 6.07) is 7.47. The minimum absolute atomic E-state index is 0.0563. The van der Waals surface area contributed by atoms with E-state index >= 15 is 0 Å². The van der Waals surface area contributed by atoms with Crippen LogP contribution in [0.4, 0.5) is 0 Å². The molecule has 1 amide bonds. The third-order valence-corrected chi connectivity index (χ3v) is 5.55. The number of carbonyl (C=O) groups excluding carboxylic acids is 1. The van der Waals surface area contributed by atoms with E-state index in [0.717, 1.165) is 18.4 Å². The second-order valence-electron chi connectivity index (χ2n) is 6.98. The number of hydrogen-bond acceptors (Lipinski definition) is 4. The quantitative estimate of drug-likeness (QED) is 0.765.